The van der Waals surface area contributed by atoms with Gasteiger partial charge in [-0.3, -0.25) is 4.79 Å². The maximum Gasteiger partial charge on any atom is 0.254 e. The van der Waals surface area contributed by atoms with Gasteiger partial charge in [-0.1, -0.05) is 15.9 Å². The number of hydrogen-bond acceptors (Lipinski definition) is 1. The summed E-state index contributed by atoms with van der Waals surface area (Å²) >= 11 is 5.72. The van der Waals surface area contributed by atoms with E-state index in [1.165, 1.54) is 3.57 Å². The second kappa shape index (κ2) is 6.89. The predicted octanol–water partition coefficient (Wildman–Crippen LogP) is 4.07. The van der Waals surface area contributed by atoms with Crippen LogP contribution in [0, 0.1) is 3.57 Å². The van der Waals surface area contributed by atoms with Gasteiger partial charge in [-0.15, -0.1) is 0 Å². The first-order chi connectivity index (χ1) is 8.72. The van der Waals surface area contributed by atoms with Gasteiger partial charge in [0.05, 0.1) is 0 Å². The van der Waals surface area contributed by atoms with Crippen LogP contribution in [0.1, 0.15) is 36.0 Å². The van der Waals surface area contributed by atoms with Crippen LogP contribution >= 0.6 is 38.5 Å². The molecule has 0 spiro atoms. The third-order valence-corrected chi connectivity index (χ3v) is 4.68. The molecular weight excluding hydrogens is 405 g/mol. The maximum absolute atomic E-state index is 12.4. The summed E-state index contributed by atoms with van der Waals surface area (Å²) in [4.78, 5) is 14.5. The molecule has 4 heteroatoms. The number of alkyl halides is 1. The van der Waals surface area contributed by atoms with E-state index in [0.717, 1.165) is 43.1 Å². The van der Waals surface area contributed by atoms with Crippen LogP contribution < -0.4 is 0 Å². The number of halogens is 2. The molecule has 1 aromatic carbocycles. The van der Waals surface area contributed by atoms with E-state index in [2.05, 4.69) is 43.4 Å². The predicted molar refractivity (Wildman–Crippen MR) is 86.2 cm³/mol. The Balaban J connectivity index is 2.05. The Bertz CT molecular complexity index is 407. The van der Waals surface area contributed by atoms with Gasteiger partial charge in [-0.2, -0.15) is 0 Å². The molecule has 0 radical (unpaired) electrons. The van der Waals surface area contributed by atoms with Crippen molar-refractivity contribution in [2.45, 2.75) is 31.7 Å². The lowest BCUT2D eigenvalue weighted by Crippen LogP contribution is -2.35. The van der Waals surface area contributed by atoms with Crippen molar-refractivity contribution in [3.63, 3.8) is 0 Å². The van der Waals surface area contributed by atoms with Crippen molar-refractivity contribution in [1.29, 1.82) is 0 Å². The Morgan fingerprint density at radius 1 is 1.39 bits per heavy atom. The van der Waals surface area contributed by atoms with Crippen LogP contribution in [0.4, 0.5) is 0 Å². The van der Waals surface area contributed by atoms with Gasteiger partial charge < -0.3 is 4.90 Å². The molecule has 2 nitrogen and oxygen atoms in total. The van der Waals surface area contributed by atoms with Crippen LogP contribution in [0.3, 0.4) is 0 Å². The molecule has 18 heavy (non-hydrogen) atoms. The van der Waals surface area contributed by atoms with Crippen LogP contribution in [0.2, 0.25) is 0 Å². The van der Waals surface area contributed by atoms with E-state index in [9.17, 15) is 4.79 Å². The third-order valence-electron chi connectivity index (χ3n) is 3.40. The average molecular weight is 422 g/mol. The second-order valence-corrected chi connectivity index (χ2v) is 6.67. The molecule has 1 heterocycles. The molecule has 0 saturated carbocycles. The van der Waals surface area contributed by atoms with E-state index in [1.54, 1.807) is 0 Å². The number of likely N-dealkylation sites (tertiary alicyclic amines) is 1. The first kappa shape index (κ1) is 14.3. The number of benzene rings is 1. The Kier molecular flexibility index (Phi) is 5.48. The summed E-state index contributed by atoms with van der Waals surface area (Å²) in [5.41, 5.74) is 0.821. The summed E-state index contributed by atoms with van der Waals surface area (Å²) in [6.45, 7) is 0.914. The molecule has 1 unspecified atom stereocenters. The van der Waals surface area contributed by atoms with E-state index < -0.39 is 0 Å². The molecule has 1 aromatic rings. The highest BCUT2D eigenvalue weighted by atomic mass is 127. The number of hydrogen-bond donors (Lipinski definition) is 0. The number of amides is 1. The highest BCUT2D eigenvalue weighted by Gasteiger charge is 2.28. The van der Waals surface area contributed by atoms with Crippen LogP contribution in [0.15, 0.2) is 24.3 Å². The monoisotopic (exact) mass is 421 g/mol. The van der Waals surface area contributed by atoms with Crippen molar-refractivity contribution in [3.05, 3.63) is 33.4 Å². The molecule has 1 aliphatic rings. The van der Waals surface area contributed by atoms with Crippen molar-refractivity contribution >= 4 is 44.4 Å². The van der Waals surface area contributed by atoms with E-state index in [1.807, 2.05) is 24.3 Å². The number of carbonyl (C=O) groups is 1. The van der Waals surface area contributed by atoms with Crippen molar-refractivity contribution in [2.75, 3.05) is 11.9 Å². The van der Waals surface area contributed by atoms with Gasteiger partial charge in [-0.05, 0) is 72.5 Å². The fraction of sp³-hybridized carbons (Fsp3) is 0.500. The molecule has 98 valence electrons. The molecule has 1 saturated heterocycles. The molecule has 1 fully saturated rings. The minimum absolute atomic E-state index is 0.198. The summed E-state index contributed by atoms with van der Waals surface area (Å²) in [6, 6.07) is 8.30. The fourth-order valence-corrected chi connectivity index (χ4v) is 3.16. The first-order valence-electron chi connectivity index (χ1n) is 6.35. The molecule has 0 aromatic heterocycles. The van der Waals surface area contributed by atoms with Gasteiger partial charge in [0.1, 0.15) is 0 Å². The van der Waals surface area contributed by atoms with Crippen molar-refractivity contribution < 1.29 is 4.79 Å². The zero-order valence-electron chi connectivity index (χ0n) is 10.2. The molecule has 1 aliphatic heterocycles. The van der Waals surface area contributed by atoms with Gasteiger partial charge in [0.25, 0.3) is 5.91 Å². The molecular formula is C14H17BrINO. The number of carbonyl (C=O) groups excluding carboxylic acids is 1. The fourth-order valence-electron chi connectivity index (χ4n) is 2.47. The topological polar surface area (TPSA) is 20.3 Å². The Morgan fingerprint density at radius 2 is 2.11 bits per heavy atom. The lowest BCUT2D eigenvalue weighted by atomic mass is 10.1. The van der Waals surface area contributed by atoms with Gasteiger partial charge in [0.2, 0.25) is 0 Å². The normalized spacial score (nSPS) is 19.2. The van der Waals surface area contributed by atoms with E-state index >= 15 is 0 Å². The second-order valence-electron chi connectivity index (χ2n) is 4.63. The summed E-state index contributed by atoms with van der Waals surface area (Å²) < 4.78 is 1.17. The quantitative estimate of drug-likeness (QED) is 0.530. The Morgan fingerprint density at radius 3 is 2.78 bits per heavy atom. The average Bonchev–Trinajstić information content (AvgIpc) is 2.84. The zero-order valence-corrected chi connectivity index (χ0v) is 14.0. The third kappa shape index (κ3) is 3.47. The highest BCUT2D eigenvalue weighted by molar-refractivity contribution is 14.1. The van der Waals surface area contributed by atoms with E-state index in [4.69, 9.17) is 0 Å². The number of nitrogens with zero attached hydrogens (tertiary/aromatic N) is 1. The minimum atomic E-state index is 0.198. The summed E-state index contributed by atoms with van der Waals surface area (Å²) in [5.74, 6) is 0.198. The van der Waals surface area contributed by atoms with Crippen molar-refractivity contribution in [1.82, 2.24) is 4.90 Å². The molecule has 0 bridgehead atoms. The van der Waals surface area contributed by atoms with Crippen molar-refractivity contribution in [3.8, 4) is 0 Å². The maximum atomic E-state index is 12.4. The molecule has 0 aliphatic carbocycles. The molecule has 1 amide bonds. The Hall–Kier alpha value is -0.100. The van der Waals surface area contributed by atoms with Crippen LogP contribution in [-0.4, -0.2) is 28.7 Å². The van der Waals surface area contributed by atoms with Crippen LogP contribution in [-0.2, 0) is 0 Å². The van der Waals surface area contributed by atoms with Crippen molar-refractivity contribution in [2.24, 2.45) is 0 Å². The molecule has 1 atom stereocenters. The summed E-state index contributed by atoms with van der Waals surface area (Å²) in [6.07, 6.45) is 4.55. The van der Waals surface area contributed by atoms with Gasteiger partial charge in [0.15, 0.2) is 0 Å². The van der Waals surface area contributed by atoms with E-state index in [0.29, 0.717) is 6.04 Å². The first-order valence-corrected chi connectivity index (χ1v) is 8.55. The summed E-state index contributed by atoms with van der Waals surface area (Å²) in [7, 11) is 0. The highest BCUT2D eigenvalue weighted by Crippen LogP contribution is 2.24. The van der Waals surface area contributed by atoms with Crippen LogP contribution in [0.25, 0.3) is 0 Å². The SMILES string of the molecule is O=C(c1ccc(I)cc1)N1CCCC1CCCBr. The largest absolute Gasteiger partial charge is 0.336 e. The van der Waals surface area contributed by atoms with Gasteiger partial charge in [0, 0.05) is 27.1 Å². The lowest BCUT2D eigenvalue weighted by Gasteiger charge is -2.24. The van der Waals surface area contributed by atoms with Gasteiger partial charge >= 0.3 is 0 Å². The minimum Gasteiger partial charge on any atom is -0.336 e. The van der Waals surface area contributed by atoms with Crippen LogP contribution in [0.5, 0.6) is 0 Å². The smallest absolute Gasteiger partial charge is 0.254 e. The zero-order chi connectivity index (χ0) is 13.0. The Labute approximate surface area is 130 Å². The number of rotatable bonds is 4. The standard InChI is InChI=1S/C14H17BrINO/c15-9-1-3-13-4-2-10-17(13)14(18)11-5-7-12(16)8-6-11/h5-8,13H,1-4,9-10H2. The molecule has 0 N–H and O–H groups in total. The lowest BCUT2D eigenvalue weighted by molar-refractivity contribution is 0.0730. The molecule has 2 rings (SSSR count). The van der Waals surface area contributed by atoms with E-state index in [-0.39, 0.29) is 5.91 Å². The summed E-state index contributed by atoms with van der Waals surface area (Å²) in [5, 5.41) is 1.02. The van der Waals surface area contributed by atoms with Gasteiger partial charge in [-0.25, -0.2) is 0 Å².